The van der Waals surface area contributed by atoms with Gasteiger partial charge in [0.1, 0.15) is 0 Å². The van der Waals surface area contributed by atoms with Crippen molar-refractivity contribution in [3.63, 3.8) is 0 Å². The number of halogens is 1. The molecule has 0 saturated carbocycles. The summed E-state index contributed by atoms with van der Waals surface area (Å²) in [4.78, 5) is 4.34. The highest BCUT2D eigenvalue weighted by Gasteiger charge is 2.18. The number of nitrogens with two attached hydrogens (primary N) is 1. The highest BCUT2D eigenvalue weighted by molar-refractivity contribution is 6.29. The maximum atomic E-state index is 6.00. The van der Waals surface area contributed by atoms with Gasteiger partial charge in [0.25, 0.3) is 0 Å². The van der Waals surface area contributed by atoms with Crippen LogP contribution >= 0.6 is 11.6 Å². The maximum absolute atomic E-state index is 6.00. The summed E-state index contributed by atoms with van der Waals surface area (Å²) in [6.45, 7) is 0. The van der Waals surface area contributed by atoms with Gasteiger partial charge in [-0.2, -0.15) is 0 Å². The van der Waals surface area contributed by atoms with Crippen LogP contribution in [0.1, 0.15) is 17.2 Å². The SMILES string of the molecule is NNC(c1ccc2cccnc2c1)c1ccoc1Cl. The van der Waals surface area contributed by atoms with Gasteiger partial charge in [-0.15, -0.1) is 0 Å². The van der Waals surface area contributed by atoms with Crippen molar-refractivity contribution in [2.24, 2.45) is 5.84 Å². The van der Waals surface area contributed by atoms with Crippen LogP contribution < -0.4 is 11.3 Å². The first kappa shape index (κ1) is 12.2. The highest BCUT2D eigenvalue weighted by Crippen LogP contribution is 2.29. The number of nitrogens with zero attached hydrogens (tertiary/aromatic N) is 1. The van der Waals surface area contributed by atoms with Crippen molar-refractivity contribution in [1.29, 1.82) is 0 Å². The van der Waals surface area contributed by atoms with Crippen LogP contribution in [0.2, 0.25) is 5.22 Å². The summed E-state index contributed by atoms with van der Waals surface area (Å²) in [6, 6.07) is 11.5. The minimum absolute atomic E-state index is 0.224. The molecule has 2 heterocycles. The van der Waals surface area contributed by atoms with Gasteiger partial charge in [-0.05, 0) is 35.4 Å². The Labute approximate surface area is 115 Å². The van der Waals surface area contributed by atoms with Crippen LogP contribution in [0.3, 0.4) is 0 Å². The van der Waals surface area contributed by atoms with Crippen LogP contribution in [0.4, 0.5) is 0 Å². The predicted molar refractivity (Wildman–Crippen MR) is 74.6 cm³/mol. The Morgan fingerprint density at radius 3 is 2.89 bits per heavy atom. The highest BCUT2D eigenvalue weighted by atomic mass is 35.5. The van der Waals surface area contributed by atoms with Gasteiger partial charge in [0, 0.05) is 17.1 Å². The maximum Gasteiger partial charge on any atom is 0.198 e. The van der Waals surface area contributed by atoms with E-state index in [9.17, 15) is 0 Å². The normalized spacial score (nSPS) is 12.7. The van der Waals surface area contributed by atoms with E-state index in [1.165, 1.54) is 0 Å². The summed E-state index contributed by atoms with van der Waals surface area (Å²) < 4.78 is 5.11. The molecule has 96 valence electrons. The molecule has 3 aromatic rings. The van der Waals surface area contributed by atoms with Gasteiger partial charge in [-0.3, -0.25) is 10.8 Å². The lowest BCUT2D eigenvalue weighted by atomic mass is 10.0. The number of hydrogen-bond donors (Lipinski definition) is 2. The summed E-state index contributed by atoms with van der Waals surface area (Å²) in [5, 5.41) is 1.42. The zero-order valence-corrected chi connectivity index (χ0v) is 10.8. The Morgan fingerprint density at radius 2 is 2.16 bits per heavy atom. The summed E-state index contributed by atoms with van der Waals surface area (Å²) in [7, 11) is 0. The minimum atomic E-state index is -0.224. The van der Waals surface area contributed by atoms with E-state index in [4.69, 9.17) is 21.9 Å². The van der Waals surface area contributed by atoms with E-state index in [-0.39, 0.29) is 6.04 Å². The molecule has 2 aromatic heterocycles. The van der Waals surface area contributed by atoms with Gasteiger partial charge in [0.2, 0.25) is 0 Å². The van der Waals surface area contributed by atoms with Crippen LogP contribution in [0, 0.1) is 0 Å². The number of aromatic nitrogens is 1. The van der Waals surface area contributed by atoms with Gasteiger partial charge >= 0.3 is 0 Å². The van der Waals surface area contributed by atoms with Crippen molar-refractivity contribution in [2.75, 3.05) is 0 Å². The number of rotatable bonds is 3. The van der Waals surface area contributed by atoms with Crippen LogP contribution in [0.15, 0.2) is 53.3 Å². The topological polar surface area (TPSA) is 64.1 Å². The van der Waals surface area contributed by atoms with Gasteiger partial charge in [0.15, 0.2) is 5.22 Å². The van der Waals surface area contributed by atoms with Crippen LogP contribution in [0.5, 0.6) is 0 Å². The summed E-state index contributed by atoms with van der Waals surface area (Å²) in [6.07, 6.45) is 3.31. The van der Waals surface area contributed by atoms with Gasteiger partial charge < -0.3 is 4.42 Å². The molecule has 19 heavy (non-hydrogen) atoms. The number of pyridine rings is 1. The van der Waals surface area contributed by atoms with Crippen LogP contribution in [-0.2, 0) is 0 Å². The average molecular weight is 274 g/mol. The monoisotopic (exact) mass is 273 g/mol. The second-order valence-electron chi connectivity index (χ2n) is 4.20. The quantitative estimate of drug-likeness (QED) is 0.569. The van der Waals surface area contributed by atoms with E-state index in [2.05, 4.69) is 10.4 Å². The molecule has 0 aliphatic rings. The molecule has 0 aliphatic carbocycles. The van der Waals surface area contributed by atoms with Gasteiger partial charge in [-0.25, -0.2) is 5.43 Å². The van der Waals surface area contributed by atoms with E-state index < -0.39 is 0 Å². The van der Waals surface area contributed by atoms with Crippen molar-refractivity contribution >= 4 is 22.5 Å². The van der Waals surface area contributed by atoms with Crippen LogP contribution in [0.25, 0.3) is 10.9 Å². The van der Waals surface area contributed by atoms with Crippen molar-refractivity contribution in [3.05, 3.63) is 65.2 Å². The van der Waals surface area contributed by atoms with Gasteiger partial charge in [0.05, 0.1) is 17.8 Å². The Hall–Kier alpha value is -1.88. The number of fused-ring (bicyclic) bond motifs is 1. The average Bonchev–Trinajstić information content (AvgIpc) is 2.86. The third kappa shape index (κ3) is 2.21. The first-order chi connectivity index (χ1) is 9.29. The second-order valence-corrected chi connectivity index (χ2v) is 4.55. The predicted octanol–water partition coefficient (Wildman–Crippen LogP) is 3.03. The summed E-state index contributed by atoms with van der Waals surface area (Å²) in [5.41, 5.74) is 5.46. The minimum Gasteiger partial charge on any atom is -0.453 e. The van der Waals surface area contributed by atoms with Crippen molar-refractivity contribution in [3.8, 4) is 0 Å². The lowest BCUT2D eigenvalue weighted by Gasteiger charge is -2.15. The number of benzene rings is 1. The molecular weight excluding hydrogens is 262 g/mol. The second kappa shape index (κ2) is 5.01. The van der Waals surface area contributed by atoms with Crippen molar-refractivity contribution < 1.29 is 4.42 Å². The third-order valence-corrected chi connectivity index (χ3v) is 3.39. The lowest BCUT2D eigenvalue weighted by Crippen LogP contribution is -2.28. The molecule has 0 saturated heterocycles. The third-order valence-electron chi connectivity index (χ3n) is 3.09. The number of nitrogens with one attached hydrogen (secondary N) is 1. The van der Waals surface area contributed by atoms with Crippen LogP contribution in [-0.4, -0.2) is 4.98 Å². The molecule has 0 radical (unpaired) electrons. The van der Waals surface area contributed by atoms with E-state index in [1.54, 1.807) is 18.5 Å². The molecule has 1 atom stereocenters. The lowest BCUT2D eigenvalue weighted by molar-refractivity contribution is 0.555. The Kier molecular flexibility index (Phi) is 3.21. The van der Waals surface area contributed by atoms with Gasteiger partial charge in [-0.1, -0.05) is 18.2 Å². The summed E-state index contributed by atoms with van der Waals surface area (Å²) in [5.74, 6) is 5.64. The molecular formula is C14H12ClN3O. The zero-order valence-electron chi connectivity index (χ0n) is 10.0. The molecule has 3 rings (SSSR count). The molecule has 4 nitrogen and oxygen atoms in total. The zero-order chi connectivity index (χ0) is 13.2. The fraction of sp³-hybridized carbons (Fsp3) is 0.0714. The molecule has 0 bridgehead atoms. The van der Waals surface area contributed by atoms with E-state index in [0.29, 0.717) is 5.22 Å². The fourth-order valence-corrected chi connectivity index (χ4v) is 2.36. The first-order valence-electron chi connectivity index (χ1n) is 5.83. The Bertz CT molecular complexity index is 710. The largest absolute Gasteiger partial charge is 0.453 e. The molecule has 1 unspecified atom stereocenters. The molecule has 1 aromatic carbocycles. The molecule has 3 N–H and O–H groups in total. The number of hydrazine groups is 1. The standard InChI is InChI=1S/C14H12ClN3O/c15-14-11(5-7-19-14)13(18-16)10-4-3-9-2-1-6-17-12(9)8-10/h1-8,13,18H,16H2. The first-order valence-corrected chi connectivity index (χ1v) is 6.21. The van der Waals surface area contributed by atoms with Crippen molar-refractivity contribution in [1.82, 2.24) is 10.4 Å². The van der Waals surface area contributed by atoms with E-state index in [1.807, 2.05) is 30.3 Å². The number of furan rings is 1. The fourth-order valence-electron chi connectivity index (χ4n) is 2.14. The smallest absolute Gasteiger partial charge is 0.198 e. The summed E-state index contributed by atoms with van der Waals surface area (Å²) >= 11 is 6.00. The van der Waals surface area contributed by atoms with E-state index >= 15 is 0 Å². The molecule has 0 amide bonds. The van der Waals surface area contributed by atoms with Crippen molar-refractivity contribution in [2.45, 2.75) is 6.04 Å². The molecule has 0 fully saturated rings. The molecule has 0 spiro atoms. The molecule has 5 heteroatoms. The Morgan fingerprint density at radius 1 is 1.26 bits per heavy atom. The Balaban J connectivity index is 2.09. The molecule has 0 aliphatic heterocycles. The van der Waals surface area contributed by atoms with E-state index in [0.717, 1.165) is 22.0 Å². The number of hydrogen-bond acceptors (Lipinski definition) is 4.